The number of rotatable bonds is 7. The average Bonchev–Trinajstić information content (AvgIpc) is 3.12. The van der Waals surface area contributed by atoms with Crippen LogP contribution in [0.25, 0.3) is 6.08 Å². The number of nitrogens with zero attached hydrogens (tertiary/aromatic N) is 4. The lowest BCUT2D eigenvalue weighted by Gasteiger charge is -2.33. The number of aromatic nitrogens is 2. The van der Waals surface area contributed by atoms with Crippen molar-refractivity contribution in [1.29, 1.82) is 0 Å². The molecule has 0 radical (unpaired) electrons. The summed E-state index contributed by atoms with van der Waals surface area (Å²) in [4.78, 5) is 16.6. The maximum atomic E-state index is 13.0. The van der Waals surface area contributed by atoms with Crippen molar-refractivity contribution in [1.82, 2.24) is 19.6 Å². The molecule has 3 rings (SSSR count). The number of hydrogen-bond acceptors (Lipinski definition) is 3. The molecule has 0 bridgehead atoms. The van der Waals surface area contributed by atoms with E-state index in [2.05, 4.69) is 10.00 Å². The summed E-state index contributed by atoms with van der Waals surface area (Å²) in [5, 5.41) is 4.10. The Balaban J connectivity index is 1.37. The molecule has 1 saturated heterocycles. The Morgan fingerprint density at radius 3 is 2.64 bits per heavy atom. The second-order valence-electron chi connectivity index (χ2n) is 7.66. The summed E-state index contributed by atoms with van der Waals surface area (Å²) >= 11 is 0. The second-order valence-corrected chi connectivity index (χ2v) is 7.66. The first kappa shape index (κ1) is 20.3. The summed E-state index contributed by atoms with van der Waals surface area (Å²) in [6.07, 6.45) is 10.2. The van der Waals surface area contributed by atoms with Gasteiger partial charge in [-0.25, -0.2) is 4.39 Å². The van der Waals surface area contributed by atoms with E-state index in [1.54, 1.807) is 17.0 Å². The number of aryl methyl sites for hydroxylation is 1. The number of likely N-dealkylation sites (tertiary alicyclic amines) is 1. The third-order valence-corrected chi connectivity index (χ3v) is 5.39. The van der Waals surface area contributed by atoms with Crippen LogP contribution in [0.2, 0.25) is 0 Å². The molecule has 0 saturated carbocycles. The van der Waals surface area contributed by atoms with E-state index < -0.39 is 0 Å². The Hall–Kier alpha value is -2.47. The van der Waals surface area contributed by atoms with Gasteiger partial charge in [-0.05, 0) is 62.0 Å². The van der Waals surface area contributed by atoms with Crippen LogP contribution < -0.4 is 0 Å². The lowest BCUT2D eigenvalue weighted by atomic mass is 9.96. The van der Waals surface area contributed by atoms with Gasteiger partial charge in [0, 0.05) is 45.0 Å². The predicted octanol–water partition coefficient (Wildman–Crippen LogP) is 2.99. The Kier molecular flexibility index (Phi) is 6.98. The van der Waals surface area contributed by atoms with Gasteiger partial charge in [0.05, 0.1) is 6.20 Å². The highest BCUT2D eigenvalue weighted by molar-refractivity contribution is 5.91. The number of likely N-dealkylation sites (N-methyl/N-ethyl adjacent to an activating group) is 1. The van der Waals surface area contributed by atoms with Crippen LogP contribution in [0, 0.1) is 11.7 Å². The van der Waals surface area contributed by atoms with E-state index in [1.165, 1.54) is 17.7 Å². The van der Waals surface area contributed by atoms with Gasteiger partial charge in [0.2, 0.25) is 5.91 Å². The maximum Gasteiger partial charge on any atom is 0.246 e. The first-order valence-corrected chi connectivity index (χ1v) is 9.88. The van der Waals surface area contributed by atoms with Crippen molar-refractivity contribution < 1.29 is 9.18 Å². The number of benzene rings is 1. The number of halogens is 1. The smallest absolute Gasteiger partial charge is 0.246 e. The summed E-state index contributed by atoms with van der Waals surface area (Å²) < 4.78 is 14.7. The first-order valence-electron chi connectivity index (χ1n) is 9.88. The van der Waals surface area contributed by atoms with Gasteiger partial charge in [-0.3, -0.25) is 9.48 Å². The van der Waals surface area contributed by atoms with Gasteiger partial charge in [-0.2, -0.15) is 5.10 Å². The highest BCUT2D eigenvalue weighted by atomic mass is 19.1. The van der Waals surface area contributed by atoms with Crippen molar-refractivity contribution in [3.63, 3.8) is 0 Å². The van der Waals surface area contributed by atoms with Crippen LogP contribution in [0.3, 0.4) is 0 Å². The van der Waals surface area contributed by atoms with E-state index in [0.29, 0.717) is 5.92 Å². The first-order chi connectivity index (χ1) is 13.5. The fourth-order valence-corrected chi connectivity index (χ4v) is 3.63. The molecule has 1 aromatic heterocycles. The molecule has 0 N–H and O–H groups in total. The summed E-state index contributed by atoms with van der Waals surface area (Å²) in [5.74, 6) is 0.393. The quantitative estimate of drug-likeness (QED) is 0.689. The van der Waals surface area contributed by atoms with Crippen molar-refractivity contribution in [3.8, 4) is 0 Å². The molecule has 0 atom stereocenters. The van der Waals surface area contributed by atoms with E-state index in [9.17, 15) is 9.18 Å². The van der Waals surface area contributed by atoms with E-state index in [-0.39, 0.29) is 11.7 Å². The highest BCUT2D eigenvalue weighted by Crippen LogP contribution is 2.19. The zero-order chi connectivity index (χ0) is 19.9. The molecule has 1 aliphatic rings. The molecular weight excluding hydrogens is 355 g/mol. The molecule has 0 spiro atoms. The SMILES string of the molecule is CN(CC1CCN(CCc2ccc(F)cc2)CC1)C(=O)/C=C/c1cnn(C)c1. The maximum absolute atomic E-state index is 13.0. The molecule has 1 fully saturated rings. The van der Waals surface area contributed by atoms with E-state index in [1.807, 2.05) is 43.4 Å². The molecule has 5 nitrogen and oxygen atoms in total. The summed E-state index contributed by atoms with van der Waals surface area (Å²) in [5.41, 5.74) is 2.10. The topological polar surface area (TPSA) is 41.4 Å². The summed E-state index contributed by atoms with van der Waals surface area (Å²) in [6.45, 7) is 3.90. The monoisotopic (exact) mass is 384 g/mol. The van der Waals surface area contributed by atoms with Crippen LogP contribution in [0.5, 0.6) is 0 Å². The normalized spacial score (nSPS) is 16.0. The summed E-state index contributed by atoms with van der Waals surface area (Å²) in [7, 11) is 3.73. The lowest BCUT2D eigenvalue weighted by Crippen LogP contribution is -2.39. The zero-order valence-corrected chi connectivity index (χ0v) is 16.7. The molecule has 0 aliphatic carbocycles. The molecule has 2 aromatic rings. The number of hydrogen-bond donors (Lipinski definition) is 0. The minimum absolute atomic E-state index is 0.0302. The zero-order valence-electron chi connectivity index (χ0n) is 16.7. The molecule has 0 unspecified atom stereocenters. The average molecular weight is 384 g/mol. The van der Waals surface area contributed by atoms with Gasteiger partial charge >= 0.3 is 0 Å². The molecule has 6 heteroatoms. The lowest BCUT2D eigenvalue weighted by molar-refractivity contribution is -0.125. The Bertz CT molecular complexity index is 791. The molecule has 150 valence electrons. The third kappa shape index (κ3) is 6.02. The second kappa shape index (κ2) is 9.64. The van der Waals surface area contributed by atoms with Crippen molar-refractivity contribution in [3.05, 3.63) is 59.7 Å². The van der Waals surface area contributed by atoms with Crippen LogP contribution in [-0.4, -0.2) is 58.7 Å². The number of amides is 1. The van der Waals surface area contributed by atoms with Crippen LogP contribution in [0.1, 0.15) is 24.0 Å². The number of piperidine rings is 1. The number of carbonyl (C=O) groups is 1. The van der Waals surface area contributed by atoms with E-state index >= 15 is 0 Å². The standard InChI is InChI=1S/C22H29FN4O/c1-25(22(28)8-5-20-15-24-26(2)17-20)16-19-10-13-27(14-11-19)12-9-18-3-6-21(23)7-4-18/h3-8,15,17,19H,9-14,16H2,1-2H3/b8-5+. The minimum atomic E-state index is -0.182. The molecule has 2 heterocycles. The fourth-order valence-electron chi connectivity index (χ4n) is 3.63. The Morgan fingerprint density at radius 2 is 2.00 bits per heavy atom. The van der Waals surface area contributed by atoms with Crippen LogP contribution in [0.4, 0.5) is 4.39 Å². The van der Waals surface area contributed by atoms with Gasteiger partial charge in [0.1, 0.15) is 5.82 Å². The van der Waals surface area contributed by atoms with E-state index in [4.69, 9.17) is 0 Å². The largest absolute Gasteiger partial charge is 0.342 e. The van der Waals surface area contributed by atoms with Crippen molar-refractivity contribution in [2.45, 2.75) is 19.3 Å². The van der Waals surface area contributed by atoms with Crippen molar-refractivity contribution in [2.24, 2.45) is 13.0 Å². The van der Waals surface area contributed by atoms with Gasteiger partial charge in [0.15, 0.2) is 0 Å². The molecular formula is C22H29FN4O. The minimum Gasteiger partial charge on any atom is -0.342 e. The highest BCUT2D eigenvalue weighted by Gasteiger charge is 2.21. The third-order valence-electron chi connectivity index (χ3n) is 5.39. The van der Waals surface area contributed by atoms with Gasteiger partial charge < -0.3 is 9.80 Å². The van der Waals surface area contributed by atoms with Gasteiger partial charge in [-0.1, -0.05) is 12.1 Å². The fraction of sp³-hybridized carbons (Fsp3) is 0.455. The van der Waals surface area contributed by atoms with Crippen molar-refractivity contribution >= 4 is 12.0 Å². The molecule has 1 aromatic carbocycles. The molecule has 1 amide bonds. The Labute approximate surface area is 166 Å². The van der Waals surface area contributed by atoms with Crippen LogP contribution in [0.15, 0.2) is 42.7 Å². The Morgan fingerprint density at radius 1 is 1.29 bits per heavy atom. The van der Waals surface area contributed by atoms with Gasteiger partial charge in [-0.15, -0.1) is 0 Å². The van der Waals surface area contributed by atoms with Crippen LogP contribution >= 0.6 is 0 Å². The number of carbonyl (C=O) groups excluding carboxylic acids is 1. The summed E-state index contributed by atoms with van der Waals surface area (Å²) in [6, 6.07) is 6.78. The molecule has 28 heavy (non-hydrogen) atoms. The predicted molar refractivity (Wildman–Crippen MR) is 109 cm³/mol. The molecule has 1 aliphatic heterocycles. The van der Waals surface area contributed by atoms with Crippen molar-refractivity contribution in [2.75, 3.05) is 33.2 Å². The van der Waals surface area contributed by atoms with Gasteiger partial charge in [0.25, 0.3) is 0 Å². The van der Waals surface area contributed by atoms with E-state index in [0.717, 1.165) is 51.0 Å². The van der Waals surface area contributed by atoms with Crippen LogP contribution in [-0.2, 0) is 18.3 Å².